The summed E-state index contributed by atoms with van der Waals surface area (Å²) in [6, 6.07) is 9.77. The number of carbonyl (C=O) groups excluding carboxylic acids is 1. The molecule has 0 spiro atoms. The van der Waals surface area contributed by atoms with Crippen LogP contribution in [-0.4, -0.2) is 35.0 Å². The van der Waals surface area contributed by atoms with Gasteiger partial charge in [0.05, 0.1) is 6.21 Å². The van der Waals surface area contributed by atoms with Crippen molar-refractivity contribution >= 4 is 12.1 Å². The summed E-state index contributed by atoms with van der Waals surface area (Å²) in [7, 11) is 0. The molecule has 1 amide bonds. The normalized spacial score (nSPS) is 16.1. The Bertz CT molecular complexity index is 780. The van der Waals surface area contributed by atoms with E-state index in [2.05, 4.69) is 10.5 Å². The number of nitrogens with zero attached hydrogens (tertiary/aromatic N) is 1. The summed E-state index contributed by atoms with van der Waals surface area (Å²) in [5.41, 5.74) is 3.38. The Kier molecular flexibility index (Phi) is 4.24. The molecule has 124 valence electrons. The number of hydrogen-bond donors (Lipinski definition) is 3. The average molecular weight is 328 g/mol. The summed E-state index contributed by atoms with van der Waals surface area (Å²) in [5.74, 6) is 0.459. The van der Waals surface area contributed by atoms with Gasteiger partial charge in [0.2, 0.25) is 6.10 Å². The van der Waals surface area contributed by atoms with Crippen molar-refractivity contribution in [2.75, 3.05) is 6.61 Å². The summed E-state index contributed by atoms with van der Waals surface area (Å²) < 4.78 is 11.0. The molecule has 1 aliphatic rings. The van der Waals surface area contributed by atoms with Crippen LogP contribution in [0.25, 0.3) is 0 Å². The summed E-state index contributed by atoms with van der Waals surface area (Å²) in [4.78, 5) is 12.1. The van der Waals surface area contributed by atoms with Crippen LogP contribution in [0.15, 0.2) is 41.5 Å². The zero-order valence-corrected chi connectivity index (χ0v) is 12.9. The molecular weight excluding hydrogens is 312 g/mol. The van der Waals surface area contributed by atoms with Crippen molar-refractivity contribution in [2.24, 2.45) is 5.10 Å². The van der Waals surface area contributed by atoms with Crippen LogP contribution in [0.5, 0.6) is 23.0 Å². The molecule has 7 heteroatoms. The van der Waals surface area contributed by atoms with Crippen LogP contribution >= 0.6 is 0 Å². The van der Waals surface area contributed by atoms with Gasteiger partial charge < -0.3 is 19.7 Å². The molecule has 3 rings (SSSR count). The van der Waals surface area contributed by atoms with Gasteiger partial charge in [-0.15, -0.1) is 0 Å². The Hall–Kier alpha value is -3.22. The molecule has 1 atom stereocenters. The SMILES string of the molecule is Cc1cc(O)cc(O)c1/C=N/NC(=O)[C@H]1COc2ccccc2O1. The number of rotatable bonds is 3. The number of ether oxygens (including phenoxy) is 2. The zero-order chi connectivity index (χ0) is 17.1. The lowest BCUT2D eigenvalue weighted by molar-refractivity contribution is -0.130. The number of benzene rings is 2. The van der Waals surface area contributed by atoms with E-state index in [1.54, 1.807) is 25.1 Å². The Balaban J connectivity index is 1.64. The molecule has 0 unspecified atom stereocenters. The van der Waals surface area contributed by atoms with E-state index >= 15 is 0 Å². The number of aryl methyl sites for hydroxylation is 1. The zero-order valence-electron chi connectivity index (χ0n) is 12.9. The largest absolute Gasteiger partial charge is 0.508 e. The molecule has 0 radical (unpaired) electrons. The highest BCUT2D eigenvalue weighted by Gasteiger charge is 2.27. The number of amides is 1. The first kappa shape index (κ1) is 15.7. The maximum Gasteiger partial charge on any atom is 0.284 e. The fraction of sp³-hybridized carbons (Fsp3) is 0.176. The number of hydrogen-bond acceptors (Lipinski definition) is 6. The van der Waals surface area contributed by atoms with Gasteiger partial charge in [-0.05, 0) is 30.7 Å². The minimum absolute atomic E-state index is 0.0439. The molecular formula is C17H16N2O5. The van der Waals surface area contributed by atoms with E-state index in [0.29, 0.717) is 22.6 Å². The highest BCUT2D eigenvalue weighted by Crippen LogP contribution is 2.30. The predicted octanol–water partition coefficient (Wildman–Crippen LogP) is 1.70. The Morgan fingerprint density at radius 1 is 1.29 bits per heavy atom. The molecule has 3 N–H and O–H groups in total. The standard InChI is InChI=1S/C17H16N2O5/c1-10-6-11(20)7-13(21)12(10)8-18-19-17(22)16-9-23-14-4-2-3-5-15(14)24-16/h2-8,16,20-21H,9H2,1H3,(H,19,22)/b18-8+/t16-/m1/s1. The smallest absolute Gasteiger partial charge is 0.284 e. The molecule has 0 bridgehead atoms. The van der Waals surface area contributed by atoms with Crippen LogP contribution in [0.1, 0.15) is 11.1 Å². The fourth-order valence-corrected chi connectivity index (χ4v) is 2.31. The minimum atomic E-state index is -0.813. The van der Waals surface area contributed by atoms with Gasteiger partial charge in [-0.1, -0.05) is 12.1 Å². The molecule has 0 saturated heterocycles. The monoisotopic (exact) mass is 328 g/mol. The van der Waals surface area contributed by atoms with E-state index in [4.69, 9.17) is 9.47 Å². The third-order valence-corrected chi connectivity index (χ3v) is 3.52. The number of fused-ring (bicyclic) bond motifs is 1. The van der Waals surface area contributed by atoms with Crippen molar-refractivity contribution in [3.05, 3.63) is 47.5 Å². The van der Waals surface area contributed by atoms with Crippen molar-refractivity contribution in [3.8, 4) is 23.0 Å². The highest BCUT2D eigenvalue weighted by molar-refractivity contribution is 5.88. The maximum atomic E-state index is 12.1. The maximum absolute atomic E-state index is 12.1. The van der Waals surface area contributed by atoms with Crippen LogP contribution in [0.3, 0.4) is 0 Å². The van der Waals surface area contributed by atoms with Gasteiger partial charge in [-0.3, -0.25) is 4.79 Å². The predicted molar refractivity (Wildman–Crippen MR) is 86.6 cm³/mol. The molecule has 1 heterocycles. The average Bonchev–Trinajstić information content (AvgIpc) is 2.56. The topological polar surface area (TPSA) is 100 Å². The number of phenols is 2. The van der Waals surface area contributed by atoms with Crippen LogP contribution < -0.4 is 14.9 Å². The molecule has 2 aromatic carbocycles. The van der Waals surface area contributed by atoms with Crippen LogP contribution in [-0.2, 0) is 4.79 Å². The Labute approximate surface area is 138 Å². The summed E-state index contributed by atoms with van der Waals surface area (Å²) in [6.07, 6.45) is 0.492. The van der Waals surface area contributed by atoms with E-state index < -0.39 is 12.0 Å². The van der Waals surface area contributed by atoms with Crippen LogP contribution in [0.4, 0.5) is 0 Å². The van der Waals surface area contributed by atoms with E-state index in [9.17, 15) is 15.0 Å². The number of para-hydroxylation sites is 2. The van der Waals surface area contributed by atoms with Crippen molar-refractivity contribution in [1.29, 1.82) is 0 Å². The van der Waals surface area contributed by atoms with E-state index in [1.807, 2.05) is 6.07 Å². The van der Waals surface area contributed by atoms with Gasteiger partial charge in [0, 0.05) is 11.6 Å². The van der Waals surface area contributed by atoms with Crippen molar-refractivity contribution in [3.63, 3.8) is 0 Å². The number of carbonyl (C=O) groups is 1. The lowest BCUT2D eigenvalue weighted by atomic mass is 10.1. The van der Waals surface area contributed by atoms with Crippen LogP contribution in [0, 0.1) is 6.92 Å². The van der Waals surface area contributed by atoms with Gasteiger partial charge in [0.25, 0.3) is 5.91 Å². The minimum Gasteiger partial charge on any atom is -0.508 e. The first-order valence-electron chi connectivity index (χ1n) is 7.28. The van der Waals surface area contributed by atoms with Crippen molar-refractivity contribution in [1.82, 2.24) is 5.43 Å². The van der Waals surface area contributed by atoms with Crippen LogP contribution in [0.2, 0.25) is 0 Å². The molecule has 24 heavy (non-hydrogen) atoms. The molecule has 2 aromatic rings. The second kappa shape index (κ2) is 6.49. The first-order chi connectivity index (χ1) is 11.5. The molecule has 0 aliphatic carbocycles. The van der Waals surface area contributed by atoms with Gasteiger partial charge in [0.1, 0.15) is 18.1 Å². The first-order valence-corrected chi connectivity index (χ1v) is 7.28. The second-order valence-corrected chi connectivity index (χ2v) is 5.29. The Morgan fingerprint density at radius 2 is 2.04 bits per heavy atom. The molecule has 0 saturated carbocycles. The molecule has 0 aromatic heterocycles. The number of hydrazone groups is 1. The van der Waals surface area contributed by atoms with E-state index in [1.165, 1.54) is 18.3 Å². The number of aromatic hydroxyl groups is 2. The fourth-order valence-electron chi connectivity index (χ4n) is 2.31. The van der Waals surface area contributed by atoms with Gasteiger partial charge in [0.15, 0.2) is 11.5 Å². The van der Waals surface area contributed by atoms with Crippen molar-refractivity contribution in [2.45, 2.75) is 13.0 Å². The summed E-state index contributed by atoms with van der Waals surface area (Å²) in [6.45, 7) is 1.79. The van der Waals surface area contributed by atoms with Crippen molar-refractivity contribution < 1.29 is 24.5 Å². The summed E-state index contributed by atoms with van der Waals surface area (Å²) in [5, 5.41) is 23.0. The van der Waals surface area contributed by atoms with E-state index in [0.717, 1.165) is 0 Å². The van der Waals surface area contributed by atoms with Gasteiger partial charge in [-0.2, -0.15) is 5.10 Å². The lowest BCUT2D eigenvalue weighted by Gasteiger charge is -2.24. The molecule has 1 aliphatic heterocycles. The second-order valence-electron chi connectivity index (χ2n) is 5.29. The number of phenolic OH excluding ortho intramolecular Hbond substituents is 2. The lowest BCUT2D eigenvalue weighted by Crippen LogP contribution is -2.42. The number of nitrogens with one attached hydrogen (secondary N) is 1. The van der Waals surface area contributed by atoms with Gasteiger partial charge >= 0.3 is 0 Å². The van der Waals surface area contributed by atoms with Gasteiger partial charge in [-0.25, -0.2) is 5.43 Å². The highest BCUT2D eigenvalue weighted by atomic mass is 16.6. The third kappa shape index (κ3) is 3.24. The quantitative estimate of drug-likeness (QED) is 0.588. The Morgan fingerprint density at radius 3 is 2.79 bits per heavy atom. The molecule has 0 fully saturated rings. The van der Waals surface area contributed by atoms with E-state index in [-0.39, 0.29) is 18.1 Å². The molecule has 7 nitrogen and oxygen atoms in total. The summed E-state index contributed by atoms with van der Waals surface area (Å²) >= 11 is 0. The third-order valence-electron chi connectivity index (χ3n) is 3.52.